The van der Waals surface area contributed by atoms with Crippen molar-refractivity contribution in [2.24, 2.45) is 5.73 Å². The van der Waals surface area contributed by atoms with Gasteiger partial charge in [0.15, 0.2) is 0 Å². The Bertz CT molecular complexity index is 973. The molecule has 2 unspecified atom stereocenters. The van der Waals surface area contributed by atoms with E-state index in [1.54, 1.807) is 0 Å². The van der Waals surface area contributed by atoms with Crippen molar-refractivity contribution < 1.29 is 55.1 Å². The van der Waals surface area contributed by atoms with E-state index < -0.39 is 56.2 Å². The highest BCUT2D eigenvalue weighted by Gasteiger charge is 2.40. The van der Waals surface area contributed by atoms with Gasteiger partial charge in [0.2, 0.25) is 0 Å². The maximum atomic E-state index is 13.6. The number of phosphoric acid groups is 1. The number of hydrogen-bond acceptors (Lipinski definition) is 5. The number of aliphatic hydroxyl groups excluding tert-OH is 1. The molecule has 0 saturated carbocycles. The van der Waals surface area contributed by atoms with Crippen LogP contribution >= 0.6 is 7.82 Å². The molecule has 1 aromatic carbocycles. The molecule has 36 heavy (non-hydrogen) atoms. The Morgan fingerprint density at radius 1 is 1.03 bits per heavy atom. The summed E-state index contributed by atoms with van der Waals surface area (Å²) in [4.78, 5) is 17.6. The molecule has 1 aliphatic rings. The minimum atomic E-state index is -4.84. The number of aliphatic hydroxyl groups is 1. The summed E-state index contributed by atoms with van der Waals surface area (Å²) in [5.41, 5.74) is 3.46. The fourth-order valence-electron chi connectivity index (χ4n) is 3.50. The number of aryl methyl sites for hydroxylation is 1. The van der Waals surface area contributed by atoms with Gasteiger partial charge in [0.05, 0.1) is 36.0 Å². The minimum absolute atomic E-state index is 0.0121. The molecule has 1 aliphatic carbocycles. The van der Waals surface area contributed by atoms with Gasteiger partial charge in [0, 0.05) is 6.61 Å². The fourth-order valence-corrected chi connectivity index (χ4v) is 3.92. The second kappa shape index (κ2) is 12.2. The maximum absolute atomic E-state index is 13.6. The maximum Gasteiger partial charge on any atom is 0.469 e. The van der Waals surface area contributed by atoms with Gasteiger partial charge in [-0.15, -0.1) is 0 Å². The topological polar surface area (TPSA) is 122 Å². The van der Waals surface area contributed by atoms with Crippen molar-refractivity contribution in [2.75, 3.05) is 19.8 Å². The van der Waals surface area contributed by atoms with Crippen LogP contribution in [0.2, 0.25) is 0 Å². The van der Waals surface area contributed by atoms with Gasteiger partial charge in [-0.3, -0.25) is 4.52 Å². The first kappa shape index (κ1) is 30.5. The SMILES string of the molecule is NC(CO)(CCC1=CCC(OCCCc2ccc(C(F)(F)F)cc2)C(C(F)(F)F)=C1)COP(=O)(O)O. The van der Waals surface area contributed by atoms with Gasteiger partial charge in [0.25, 0.3) is 0 Å². The lowest BCUT2D eigenvalue weighted by atomic mass is 9.89. The zero-order chi connectivity index (χ0) is 27.2. The molecule has 0 saturated heterocycles. The van der Waals surface area contributed by atoms with Crippen molar-refractivity contribution in [3.63, 3.8) is 0 Å². The molecule has 204 valence electrons. The first-order chi connectivity index (χ1) is 16.5. The van der Waals surface area contributed by atoms with Crippen LogP contribution in [0.1, 0.15) is 36.8 Å². The molecular weight excluding hydrogens is 519 g/mol. The van der Waals surface area contributed by atoms with E-state index in [0.717, 1.165) is 18.2 Å². The van der Waals surface area contributed by atoms with Crippen LogP contribution in [-0.4, -0.2) is 52.5 Å². The lowest BCUT2D eigenvalue weighted by Crippen LogP contribution is -2.48. The molecule has 2 atom stereocenters. The van der Waals surface area contributed by atoms with Crippen LogP contribution in [0.3, 0.4) is 0 Å². The number of ether oxygens (including phenoxy) is 1. The molecule has 0 fully saturated rings. The Morgan fingerprint density at radius 3 is 2.19 bits per heavy atom. The monoisotopic (exact) mass is 547 g/mol. The van der Waals surface area contributed by atoms with Crippen molar-refractivity contribution in [1.82, 2.24) is 0 Å². The summed E-state index contributed by atoms with van der Waals surface area (Å²) in [6, 6.07) is 4.52. The van der Waals surface area contributed by atoms with Crippen molar-refractivity contribution in [3.05, 3.63) is 58.7 Å². The third kappa shape index (κ3) is 9.97. The van der Waals surface area contributed by atoms with Gasteiger partial charge >= 0.3 is 20.2 Å². The predicted octanol–water partition coefficient (Wildman–Crippen LogP) is 4.42. The average molecular weight is 547 g/mol. The van der Waals surface area contributed by atoms with Crippen LogP contribution in [0.5, 0.6) is 0 Å². The molecule has 0 aromatic heterocycles. The van der Waals surface area contributed by atoms with Crippen LogP contribution in [0.4, 0.5) is 26.3 Å². The highest BCUT2D eigenvalue weighted by atomic mass is 31.2. The van der Waals surface area contributed by atoms with Gasteiger partial charge in [-0.25, -0.2) is 4.57 Å². The molecule has 1 aromatic rings. The van der Waals surface area contributed by atoms with E-state index in [4.69, 9.17) is 20.3 Å². The Kier molecular flexibility index (Phi) is 10.3. The number of hydrogen-bond donors (Lipinski definition) is 4. The van der Waals surface area contributed by atoms with Crippen molar-refractivity contribution >= 4 is 7.82 Å². The Labute approximate surface area is 203 Å². The smallest absolute Gasteiger partial charge is 0.394 e. The summed E-state index contributed by atoms with van der Waals surface area (Å²) in [7, 11) is -4.84. The standard InChI is InChI=1S/C22H28F6NO6P/c23-21(24,25)17-6-3-15(4-7-17)2-1-11-34-19-8-5-16(12-18(19)22(26,27)28)9-10-20(29,13-30)14-35-36(31,32)33/h3-7,12,19,30H,1-2,8-11,13-14,29H2,(H2,31,32,33). The van der Waals surface area contributed by atoms with E-state index in [1.807, 2.05) is 0 Å². The fraction of sp³-hybridized carbons (Fsp3) is 0.545. The Morgan fingerprint density at radius 2 is 1.67 bits per heavy atom. The van der Waals surface area contributed by atoms with E-state index in [-0.39, 0.29) is 31.4 Å². The number of benzene rings is 1. The molecule has 0 aliphatic heterocycles. The first-order valence-corrected chi connectivity index (χ1v) is 12.4. The zero-order valence-corrected chi connectivity index (χ0v) is 20.0. The lowest BCUT2D eigenvalue weighted by Gasteiger charge is -2.29. The molecule has 0 radical (unpaired) electrons. The van der Waals surface area contributed by atoms with Crippen molar-refractivity contribution in [3.8, 4) is 0 Å². The highest BCUT2D eigenvalue weighted by Crippen LogP contribution is 2.38. The number of allylic oxidation sites excluding steroid dienone is 2. The molecule has 7 nitrogen and oxygen atoms in total. The van der Waals surface area contributed by atoms with Crippen LogP contribution in [0.25, 0.3) is 0 Å². The normalized spacial score (nSPS) is 19.0. The Balaban J connectivity index is 1.92. The van der Waals surface area contributed by atoms with Gasteiger partial charge in [-0.2, -0.15) is 26.3 Å². The Hall–Kier alpha value is -1.73. The third-order valence-corrected chi connectivity index (χ3v) is 6.03. The molecule has 0 amide bonds. The van der Waals surface area contributed by atoms with E-state index in [2.05, 4.69) is 4.52 Å². The second-order valence-electron chi connectivity index (χ2n) is 8.55. The summed E-state index contributed by atoms with van der Waals surface area (Å²) in [6.45, 7) is -1.44. The highest BCUT2D eigenvalue weighted by molar-refractivity contribution is 7.46. The number of halogens is 6. The van der Waals surface area contributed by atoms with Crippen LogP contribution < -0.4 is 5.73 Å². The van der Waals surface area contributed by atoms with Crippen LogP contribution in [-0.2, 0) is 26.4 Å². The summed E-state index contributed by atoms with van der Waals surface area (Å²) in [6.07, 6.45) is -7.52. The number of nitrogens with two attached hydrogens (primary N) is 1. The molecule has 14 heteroatoms. The van der Waals surface area contributed by atoms with Crippen LogP contribution in [0, 0.1) is 0 Å². The molecule has 0 spiro atoms. The van der Waals surface area contributed by atoms with E-state index in [0.29, 0.717) is 18.4 Å². The molecule has 0 heterocycles. The van der Waals surface area contributed by atoms with Gasteiger partial charge in [-0.05, 0) is 55.9 Å². The van der Waals surface area contributed by atoms with E-state index >= 15 is 0 Å². The van der Waals surface area contributed by atoms with Gasteiger partial charge in [0.1, 0.15) is 0 Å². The quantitative estimate of drug-likeness (QED) is 0.174. The average Bonchev–Trinajstić information content (AvgIpc) is 2.78. The van der Waals surface area contributed by atoms with Gasteiger partial charge < -0.3 is 25.4 Å². The van der Waals surface area contributed by atoms with Crippen LogP contribution in [0.15, 0.2) is 47.6 Å². The summed E-state index contributed by atoms with van der Waals surface area (Å²) < 4.78 is 99.4. The molecular formula is C22H28F6NO6P. The van der Waals surface area contributed by atoms with Crippen molar-refractivity contribution in [1.29, 1.82) is 0 Å². The van der Waals surface area contributed by atoms with E-state index in [1.165, 1.54) is 18.2 Å². The molecule has 0 bridgehead atoms. The molecule has 5 N–H and O–H groups in total. The number of alkyl halides is 6. The summed E-state index contributed by atoms with van der Waals surface area (Å²) in [5, 5.41) is 9.44. The molecule has 2 rings (SSSR count). The predicted molar refractivity (Wildman–Crippen MR) is 118 cm³/mol. The largest absolute Gasteiger partial charge is 0.469 e. The van der Waals surface area contributed by atoms with E-state index in [9.17, 15) is 36.0 Å². The summed E-state index contributed by atoms with van der Waals surface area (Å²) in [5.74, 6) is 0. The third-order valence-electron chi connectivity index (χ3n) is 5.57. The van der Waals surface area contributed by atoms with Gasteiger partial charge in [-0.1, -0.05) is 23.8 Å². The lowest BCUT2D eigenvalue weighted by molar-refractivity contribution is -0.137. The van der Waals surface area contributed by atoms with Crippen molar-refractivity contribution in [2.45, 2.75) is 56.1 Å². The number of rotatable bonds is 12. The zero-order valence-electron chi connectivity index (χ0n) is 19.1. The number of phosphoric ester groups is 1. The first-order valence-electron chi connectivity index (χ1n) is 10.9. The summed E-state index contributed by atoms with van der Waals surface area (Å²) >= 11 is 0. The minimum Gasteiger partial charge on any atom is -0.394 e. The second-order valence-corrected chi connectivity index (χ2v) is 9.79.